The number of anilines is 1. The van der Waals surface area contributed by atoms with E-state index in [2.05, 4.69) is 0 Å². The van der Waals surface area contributed by atoms with Crippen molar-refractivity contribution in [2.24, 2.45) is 0 Å². The van der Waals surface area contributed by atoms with E-state index in [9.17, 15) is 22.4 Å². The second-order valence-corrected chi connectivity index (χ2v) is 5.48. The van der Waals surface area contributed by atoms with Gasteiger partial charge in [0.1, 0.15) is 5.82 Å². The fourth-order valence-electron chi connectivity index (χ4n) is 2.68. The average Bonchev–Trinajstić information content (AvgIpc) is 2.60. The smallest absolute Gasteiger partial charge is 0.257 e. The van der Waals surface area contributed by atoms with Crippen LogP contribution in [0.4, 0.5) is 23.2 Å². The van der Waals surface area contributed by atoms with Crippen LogP contribution < -0.4 is 4.90 Å². The third kappa shape index (κ3) is 3.06. The maximum Gasteiger partial charge on any atom is 0.257 e. The molecule has 0 atom stereocenters. The van der Waals surface area contributed by atoms with Gasteiger partial charge < -0.3 is 9.80 Å². The minimum absolute atomic E-state index is 0.300. The predicted octanol–water partition coefficient (Wildman–Crippen LogP) is 3.21. The lowest BCUT2D eigenvalue weighted by molar-refractivity contribution is 0.0740. The zero-order valence-corrected chi connectivity index (χ0v) is 12.6. The van der Waals surface area contributed by atoms with Crippen LogP contribution in [0.2, 0.25) is 0 Å². The summed E-state index contributed by atoms with van der Waals surface area (Å²) in [5.41, 5.74) is 0.339. The summed E-state index contributed by atoms with van der Waals surface area (Å²) in [6.45, 7) is 1.55. The first-order valence-electron chi connectivity index (χ1n) is 7.40. The summed E-state index contributed by atoms with van der Waals surface area (Å²) in [6.07, 6.45) is 0. The number of carbonyl (C=O) groups excluding carboxylic acids is 1. The molecule has 0 bridgehead atoms. The lowest BCUT2D eigenvalue weighted by Crippen LogP contribution is -2.49. The van der Waals surface area contributed by atoms with Gasteiger partial charge in [0.05, 0.1) is 5.56 Å². The van der Waals surface area contributed by atoms with E-state index in [1.165, 1.54) is 17.0 Å². The molecule has 0 aromatic heterocycles. The lowest BCUT2D eigenvalue weighted by Gasteiger charge is -2.36. The molecule has 1 aliphatic rings. The summed E-state index contributed by atoms with van der Waals surface area (Å²) in [7, 11) is 0. The first-order chi connectivity index (χ1) is 11.5. The van der Waals surface area contributed by atoms with Crippen molar-refractivity contribution < 1.29 is 22.4 Å². The molecule has 0 aliphatic carbocycles. The van der Waals surface area contributed by atoms with Crippen molar-refractivity contribution in [3.8, 4) is 0 Å². The van der Waals surface area contributed by atoms with Crippen LogP contribution in [0.15, 0.2) is 36.4 Å². The monoisotopic (exact) mass is 338 g/mol. The maximum atomic E-state index is 13.7. The third-order valence-corrected chi connectivity index (χ3v) is 4.02. The van der Waals surface area contributed by atoms with Crippen LogP contribution in [0, 0.1) is 23.3 Å². The standard InChI is InChI=1S/C17H14F4N2O/c18-11-1-3-12(4-2-11)22-7-9-23(10-8-22)17(24)13-5-6-14(19)16(21)15(13)20/h1-6H,7-10H2. The number of halogens is 4. The Kier molecular flexibility index (Phi) is 4.42. The van der Waals surface area contributed by atoms with Gasteiger partial charge >= 0.3 is 0 Å². The van der Waals surface area contributed by atoms with Crippen LogP contribution in [-0.4, -0.2) is 37.0 Å². The number of hydrogen-bond donors (Lipinski definition) is 0. The van der Waals surface area contributed by atoms with Gasteiger partial charge in [0.25, 0.3) is 5.91 Å². The molecule has 24 heavy (non-hydrogen) atoms. The Morgan fingerprint density at radius 3 is 2.04 bits per heavy atom. The van der Waals surface area contributed by atoms with E-state index in [1.807, 2.05) is 4.90 Å². The third-order valence-electron chi connectivity index (χ3n) is 4.02. The lowest BCUT2D eigenvalue weighted by atomic mass is 10.1. The van der Waals surface area contributed by atoms with Gasteiger partial charge in [-0.3, -0.25) is 4.79 Å². The van der Waals surface area contributed by atoms with Crippen molar-refractivity contribution in [3.05, 3.63) is 65.2 Å². The van der Waals surface area contributed by atoms with Crippen molar-refractivity contribution in [1.29, 1.82) is 0 Å². The number of piperazine rings is 1. The molecule has 0 radical (unpaired) electrons. The number of nitrogens with zero attached hydrogens (tertiary/aromatic N) is 2. The van der Waals surface area contributed by atoms with Gasteiger partial charge in [-0.05, 0) is 36.4 Å². The highest BCUT2D eigenvalue weighted by molar-refractivity contribution is 5.94. The van der Waals surface area contributed by atoms with E-state index < -0.39 is 28.9 Å². The van der Waals surface area contributed by atoms with Crippen molar-refractivity contribution in [2.45, 2.75) is 0 Å². The number of hydrogen-bond acceptors (Lipinski definition) is 2. The van der Waals surface area contributed by atoms with Gasteiger partial charge in [0.2, 0.25) is 0 Å². The normalized spacial score (nSPS) is 14.8. The highest BCUT2D eigenvalue weighted by atomic mass is 19.2. The summed E-state index contributed by atoms with van der Waals surface area (Å²) >= 11 is 0. The molecule has 0 spiro atoms. The molecule has 1 aliphatic heterocycles. The Morgan fingerprint density at radius 1 is 0.792 bits per heavy atom. The second-order valence-electron chi connectivity index (χ2n) is 5.48. The van der Waals surface area contributed by atoms with Gasteiger partial charge in [-0.15, -0.1) is 0 Å². The van der Waals surface area contributed by atoms with E-state index in [1.54, 1.807) is 12.1 Å². The van der Waals surface area contributed by atoms with Crippen LogP contribution in [0.25, 0.3) is 0 Å². The fraction of sp³-hybridized carbons (Fsp3) is 0.235. The highest BCUT2D eigenvalue weighted by Gasteiger charge is 2.26. The minimum atomic E-state index is -1.65. The van der Waals surface area contributed by atoms with Crippen LogP contribution in [0.3, 0.4) is 0 Å². The first kappa shape index (κ1) is 16.3. The van der Waals surface area contributed by atoms with Crippen molar-refractivity contribution in [2.75, 3.05) is 31.1 Å². The Bertz CT molecular complexity index is 756. The van der Waals surface area contributed by atoms with E-state index >= 15 is 0 Å². The molecule has 3 nitrogen and oxygen atoms in total. The summed E-state index contributed by atoms with van der Waals surface area (Å²) in [6, 6.07) is 7.67. The van der Waals surface area contributed by atoms with Crippen LogP contribution in [0.1, 0.15) is 10.4 Å². The average molecular weight is 338 g/mol. The number of carbonyl (C=O) groups is 1. The van der Waals surface area contributed by atoms with Crippen molar-refractivity contribution in [1.82, 2.24) is 4.90 Å². The number of amides is 1. The molecule has 0 saturated carbocycles. The zero-order valence-electron chi connectivity index (χ0n) is 12.6. The molecule has 7 heteroatoms. The summed E-state index contributed by atoms with van der Waals surface area (Å²) < 4.78 is 52.9. The van der Waals surface area contributed by atoms with Gasteiger partial charge in [0.15, 0.2) is 17.5 Å². The molecule has 1 saturated heterocycles. The Balaban J connectivity index is 1.69. The van der Waals surface area contributed by atoms with Gasteiger partial charge in [-0.2, -0.15) is 0 Å². The van der Waals surface area contributed by atoms with Gasteiger partial charge in [0, 0.05) is 31.9 Å². The topological polar surface area (TPSA) is 23.6 Å². The molecule has 3 rings (SSSR count). The first-order valence-corrected chi connectivity index (χ1v) is 7.40. The van der Waals surface area contributed by atoms with E-state index in [0.29, 0.717) is 26.2 Å². The molecule has 2 aromatic rings. The minimum Gasteiger partial charge on any atom is -0.368 e. The second kappa shape index (κ2) is 6.51. The van der Waals surface area contributed by atoms with E-state index in [4.69, 9.17) is 0 Å². The van der Waals surface area contributed by atoms with Crippen molar-refractivity contribution in [3.63, 3.8) is 0 Å². The molecule has 126 valence electrons. The SMILES string of the molecule is O=C(c1ccc(F)c(F)c1F)N1CCN(c2ccc(F)cc2)CC1. The molecule has 0 unspecified atom stereocenters. The summed E-state index contributed by atoms with van der Waals surface area (Å²) in [5, 5.41) is 0. The number of rotatable bonds is 2. The Hall–Kier alpha value is -2.57. The molecule has 0 N–H and O–H groups in total. The number of benzene rings is 2. The highest BCUT2D eigenvalue weighted by Crippen LogP contribution is 2.20. The zero-order chi connectivity index (χ0) is 17.3. The predicted molar refractivity (Wildman–Crippen MR) is 80.8 cm³/mol. The van der Waals surface area contributed by atoms with Crippen LogP contribution in [-0.2, 0) is 0 Å². The maximum absolute atomic E-state index is 13.7. The van der Waals surface area contributed by atoms with E-state index in [-0.39, 0.29) is 5.82 Å². The molecule has 1 heterocycles. The molecule has 2 aromatic carbocycles. The molecule has 1 amide bonds. The fourth-order valence-corrected chi connectivity index (χ4v) is 2.68. The van der Waals surface area contributed by atoms with Gasteiger partial charge in [-0.1, -0.05) is 0 Å². The van der Waals surface area contributed by atoms with Crippen LogP contribution in [0.5, 0.6) is 0 Å². The van der Waals surface area contributed by atoms with Crippen LogP contribution >= 0.6 is 0 Å². The molecule has 1 fully saturated rings. The van der Waals surface area contributed by atoms with E-state index in [0.717, 1.165) is 17.8 Å². The largest absolute Gasteiger partial charge is 0.368 e. The summed E-state index contributed by atoms with van der Waals surface area (Å²) in [4.78, 5) is 15.6. The quantitative estimate of drug-likeness (QED) is 0.620. The molecular weight excluding hydrogens is 324 g/mol. The Labute approximate surface area is 136 Å². The van der Waals surface area contributed by atoms with Crippen molar-refractivity contribution >= 4 is 11.6 Å². The Morgan fingerprint density at radius 2 is 1.42 bits per heavy atom. The van der Waals surface area contributed by atoms with Gasteiger partial charge in [-0.25, -0.2) is 17.6 Å². The molecular formula is C17H14F4N2O. The summed E-state index contributed by atoms with van der Waals surface area (Å²) in [5.74, 6) is -5.46.